The van der Waals surface area contributed by atoms with Gasteiger partial charge in [-0.2, -0.15) is 0 Å². The second-order valence-corrected chi connectivity index (χ2v) is 7.02. The van der Waals surface area contributed by atoms with Gasteiger partial charge in [-0.25, -0.2) is 20.1 Å². The lowest BCUT2D eigenvalue weighted by atomic mass is 9.90. The van der Waals surface area contributed by atoms with E-state index in [1.54, 1.807) is 30.6 Å². The van der Waals surface area contributed by atoms with Gasteiger partial charge in [-0.15, -0.1) is 0 Å². The molecule has 3 N–H and O–H groups in total. The second-order valence-electron chi connectivity index (χ2n) is 7.02. The van der Waals surface area contributed by atoms with E-state index in [9.17, 15) is 4.79 Å². The molecule has 4 rings (SSSR count). The number of benzene rings is 1. The van der Waals surface area contributed by atoms with Gasteiger partial charge in [0.15, 0.2) is 5.52 Å². The Bertz CT molecular complexity index is 948. The minimum atomic E-state index is -0.368. The van der Waals surface area contributed by atoms with Crippen LogP contribution in [0.1, 0.15) is 42.5 Å². The van der Waals surface area contributed by atoms with Crippen molar-refractivity contribution in [2.75, 3.05) is 19.0 Å². The molecule has 1 saturated carbocycles. The molecular weight excluding hydrogens is 358 g/mol. The van der Waals surface area contributed by atoms with Crippen molar-refractivity contribution in [2.24, 2.45) is 5.92 Å². The molecule has 0 unspecified atom stereocenters. The Morgan fingerprint density at radius 1 is 1.25 bits per heavy atom. The normalized spacial score (nSPS) is 14.8. The molecule has 8 heteroatoms. The largest absolute Gasteiger partial charge is 0.466 e. The van der Waals surface area contributed by atoms with Crippen LogP contribution in [0.5, 0.6) is 5.88 Å². The first-order valence-corrected chi connectivity index (χ1v) is 9.57. The van der Waals surface area contributed by atoms with Crippen LogP contribution >= 0.6 is 0 Å². The number of esters is 1. The number of H-pyrrole nitrogens is 2. The number of hydrogen-bond donors (Lipinski definition) is 2. The summed E-state index contributed by atoms with van der Waals surface area (Å²) < 4.78 is 10.8. The van der Waals surface area contributed by atoms with Gasteiger partial charge in [-0.05, 0) is 48.0 Å². The number of aromatic amines is 2. The number of carbonyl (C=O) groups is 1. The van der Waals surface area contributed by atoms with E-state index in [1.807, 2.05) is 0 Å². The number of ether oxygens (including phenoxy) is 2. The molecule has 0 bridgehead atoms. The molecule has 8 nitrogen and oxygen atoms in total. The van der Waals surface area contributed by atoms with Crippen molar-refractivity contribution >= 4 is 28.8 Å². The summed E-state index contributed by atoms with van der Waals surface area (Å²) in [6.07, 6.45) is 7.92. The summed E-state index contributed by atoms with van der Waals surface area (Å²) in [5, 5.41) is 3.20. The van der Waals surface area contributed by atoms with Gasteiger partial charge in [-0.3, -0.25) is 0 Å². The molecule has 0 radical (unpaired) electrons. The van der Waals surface area contributed by atoms with Crippen LogP contribution in [0.15, 0.2) is 30.6 Å². The highest BCUT2D eigenvalue weighted by atomic mass is 16.5. The van der Waals surface area contributed by atoms with E-state index < -0.39 is 0 Å². The third kappa shape index (κ3) is 4.05. The number of imidazole rings is 1. The molecule has 0 atom stereocenters. The number of nitrogens with one attached hydrogen (secondary N) is 3. The van der Waals surface area contributed by atoms with Crippen molar-refractivity contribution in [3.05, 3.63) is 36.2 Å². The molecule has 0 amide bonds. The minimum Gasteiger partial charge on any atom is -0.466 e. The first-order valence-electron chi connectivity index (χ1n) is 9.57. The van der Waals surface area contributed by atoms with Crippen molar-refractivity contribution in [2.45, 2.75) is 32.1 Å². The molecule has 1 fully saturated rings. The number of rotatable bonds is 6. The molecule has 1 aliphatic rings. The van der Waals surface area contributed by atoms with Crippen LogP contribution in [0.4, 0.5) is 11.6 Å². The second kappa shape index (κ2) is 8.24. The fourth-order valence-electron chi connectivity index (χ4n) is 3.51. The smallest absolute Gasteiger partial charge is 0.399 e. The lowest BCUT2D eigenvalue weighted by molar-refractivity contribution is -0.380. The average Bonchev–Trinajstić information content (AvgIpc) is 3.21. The summed E-state index contributed by atoms with van der Waals surface area (Å²) >= 11 is 0. The summed E-state index contributed by atoms with van der Waals surface area (Å²) in [6.45, 7) is 0.682. The number of anilines is 2. The zero-order valence-electron chi connectivity index (χ0n) is 15.8. The average molecular weight is 382 g/mol. The zero-order valence-corrected chi connectivity index (χ0v) is 15.8. The van der Waals surface area contributed by atoms with Crippen molar-refractivity contribution < 1.29 is 19.3 Å². The monoisotopic (exact) mass is 382 g/mol. The quantitative estimate of drug-likeness (QED) is 0.634. The molecule has 0 spiro atoms. The first kappa shape index (κ1) is 18.2. The lowest BCUT2D eigenvalue weighted by Crippen LogP contribution is -2.21. The van der Waals surface area contributed by atoms with Crippen LogP contribution in [0.2, 0.25) is 0 Å². The van der Waals surface area contributed by atoms with E-state index in [1.165, 1.54) is 39.2 Å². The number of methoxy groups -OCH3 is 1. The number of hydrogen-bond acceptors (Lipinski definition) is 6. The Labute approximate surface area is 162 Å². The third-order valence-corrected chi connectivity index (χ3v) is 5.05. The molecule has 3 aromatic rings. The Balaban J connectivity index is 1.51. The minimum absolute atomic E-state index is 0.368. The number of nitrogens with zero attached hydrogens (tertiary/aromatic N) is 2. The van der Waals surface area contributed by atoms with Gasteiger partial charge in [0.05, 0.1) is 31.3 Å². The van der Waals surface area contributed by atoms with Crippen molar-refractivity contribution in [3.63, 3.8) is 0 Å². The summed E-state index contributed by atoms with van der Waals surface area (Å²) in [7, 11) is 1.36. The summed E-state index contributed by atoms with van der Waals surface area (Å²) in [4.78, 5) is 26.6. The van der Waals surface area contributed by atoms with Crippen LogP contribution < -0.4 is 15.0 Å². The fourth-order valence-corrected chi connectivity index (χ4v) is 3.51. The highest BCUT2D eigenvalue weighted by molar-refractivity contribution is 5.89. The van der Waals surface area contributed by atoms with E-state index in [0.717, 1.165) is 11.2 Å². The highest BCUT2D eigenvalue weighted by Crippen LogP contribution is 2.25. The van der Waals surface area contributed by atoms with Gasteiger partial charge in [-0.1, -0.05) is 19.3 Å². The highest BCUT2D eigenvalue weighted by Gasteiger charge is 2.20. The molecular formula is C20H24N5O3+. The maximum atomic E-state index is 11.6. The maximum absolute atomic E-state index is 11.6. The fraction of sp³-hybridized carbons (Fsp3) is 0.400. The molecule has 146 valence electrons. The topological polar surface area (TPSA) is 103 Å². The Kier molecular flexibility index (Phi) is 5.36. The summed E-state index contributed by atoms with van der Waals surface area (Å²) in [5.74, 6) is 1.37. The van der Waals surface area contributed by atoms with Crippen LogP contribution in [-0.2, 0) is 4.74 Å². The SMILES string of the molecule is COC(=O)c1ccc(Nc2nc3nc[nH]c3c(OCC3CCCCC3)[nH+]2)cc1. The van der Waals surface area contributed by atoms with Gasteiger partial charge in [0.25, 0.3) is 11.5 Å². The van der Waals surface area contributed by atoms with Gasteiger partial charge < -0.3 is 14.5 Å². The molecule has 1 aromatic carbocycles. The Morgan fingerprint density at radius 2 is 2.04 bits per heavy atom. The van der Waals surface area contributed by atoms with Crippen LogP contribution in [0.25, 0.3) is 11.2 Å². The van der Waals surface area contributed by atoms with Crippen LogP contribution in [0.3, 0.4) is 0 Å². The van der Waals surface area contributed by atoms with Crippen molar-refractivity contribution in [3.8, 4) is 5.88 Å². The van der Waals surface area contributed by atoms with Crippen LogP contribution in [0, 0.1) is 5.92 Å². The van der Waals surface area contributed by atoms with E-state index in [4.69, 9.17) is 9.47 Å². The van der Waals surface area contributed by atoms with Crippen molar-refractivity contribution in [1.29, 1.82) is 0 Å². The number of fused-ring (bicyclic) bond motifs is 1. The van der Waals surface area contributed by atoms with Gasteiger partial charge in [0.2, 0.25) is 0 Å². The molecule has 1 aliphatic carbocycles. The van der Waals surface area contributed by atoms with Gasteiger partial charge in [0, 0.05) is 0 Å². The molecule has 28 heavy (non-hydrogen) atoms. The predicted molar refractivity (Wildman–Crippen MR) is 104 cm³/mol. The molecule has 2 heterocycles. The number of carbonyl (C=O) groups excluding carboxylic acids is 1. The zero-order chi connectivity index (χ0) is 19.3. The maximum Gasteiger partial charge on any atom is 0.399 e. The van der Waals surface area contributed by atoms with Crippen molar-refractivity contribution in [1.82, 2.24) is 15.0 Å². The lowest BCUT2D eigenvalue weighted by Gasteiger charge is -2.21. The first-order chi connectivity index (χ1) is 13.7. The summed E-state index contributed by atoms with van der Waals surface area (Å²) in [6, 6.07) is 6.97. The van der Waals surface area contributed by atoms with E-state index in [2.05, 4.69) is 25.3 Å². The third-order valence-electron chi connectivity index (χ3n) is 5.05. The Hall–Kier alpha value is -3.16. The molecule has 0 aliphatic heterocycles. The molecule has 0 saturated heterocycles. The Morgan fingerprint density at radius 3 is 2.79 bits per heavy atom. The number of aromatic nitrogens is 4. The summed E-state index contributed by atoms with van der Waals surface area (Å²) in [5.41, 5.74) is 2.60. The standard InChI is InChI=1S/C20H23N5O3/c1-27-19(26)14-7-9-15(10-8-14)23-20-24-17-16(21-12-22-17)18(25-20)28-11-13-5-3-2-4-6-13/h7-10,12-13H,2-6,11H2,1H3,(H2,21,22,23,24,25)/p+1. The molecule has 2 aromatic heterocycles. The van der Waals surface area contributed by atoms with Gasteiger partial charge >= 0.3 is 11.9 Å². The van der Waals surface area contributed by atoms with Crippen LogP contribution in [-0.4, -0.2) is 34.6 Å². The van der Waals surface area contributed by atoms with E-state index in [0.29, 0.717) is 35.6 Å². The predicted octanol–water partition coefficient (Wildman–Crippen LogP) is 3.26. The van der Waals surface area contributed by atoms with E-state index in [-0.39, 0.29) is 5.97 Å². The van der Waals surface area contributed by atoms with Gasteiger partial charge in [0.1, 0.15) is 0 Å². The van der Waals surface area contributed by atoms with E-state index >= 15 is 0 Å².